The molecule has 0 atom stereocenters. The number of carboxylic acid groups (broad SMARTS) is 1. The first-order valence-corrected chi connectivity index (χ1v) is 4.17. The molecule has 2 rings (SSSR count). The van der Waals surface area contributed by atoms with E-state index < -0.39 is 11.8 Å². The van der Waals surface area contributed by atoms with Gasteiger partial charge in [0, 0.05) is 5.39 Å². The van der Waals surface area contributed by atoms with Crippen molar-refractivity contribution >= 4 is 22.6 Å². The van der Waals surface area contributed by atoms with Gasteiger partial charge in [0.05, 0.1) is 11.2 Å². The lowest BCUT2D eigenvalue weighted by Gasteiger charge is -2.02. The number of hydrogen-bond acceptors (Lipinski definition) is 3. The number of anilines is 1. The van der Waals surface area contributed by atoms with Gasteiger partial charge in [-0.25, -0.2) is 14.2 Å². The molecular formula is C10H7FN2O2. The van der Waals surface area contributed by atoms with Gasteiger partial charge in [-0.15, -0.1) is 0 Å². The first-order chi connectivity index (χ1) is 7.08. The SMILES string of the molecule is Nc1cc2cc(F)ccc2nc1C(=O)O. The molecule has 0 saturated heterocycles. The normalized spacial score (nSPS) is 10.5. The molecule has 15 heavy (non-hydrogen) atoms. The number of nitrogens with two attached hydrogens (primary N) is 1. The first kappa shape index (κ1) is 9.39. The maximum absolute atomic E-state index is 12.8. The molecule has 0 unspecified atom stereocenters. The van der Waals surface area contributed by atoms with Crippen LogP contribution in [0.3, 0.4) is 0 Å². The lowest BCUT2D eigenvalue weighted by atomic mass is 10.1. The van der Waals surface area contributed by atoms with Crippen LogP contribution < -0.4 is 5.73 Å². The van der Waals surface area contributed by atoms with Crippen LogP contribution in [0.15, 0.2) is 24.3 Å². The van der Waals surface area contributed by atoms with Gasteiger partial charge in [0.15, 0.2) is 5.69 Å². The van der Waals surface area contributed by atoms with E-state index in [-0.39, 0.29) is 11.4 Å². The van der Waals surface area contributed by atoms with Gasteiger partial charge in [-0.2, -0.15) is 0 Å². The lowest BCUT2D eigenvalue weighted by Crippen LogP contribution is -2.05. The molecule has 0 aliphatic rings. The van der Waals surface area contributed by atoms with Crippen molar-refractivity contribution < 1.29 is 14.3 Å². The number of aromatic nitrogens is 1. The highest BCUT2D eigenvalue weighted by Crippen LogP contribution is 2.19. The predicted octanol–water partition coefficient (Wildman–Crippen LogP) is 1.65. The molecule has 5 heteroatoms. The maximum atomic E-state index is 12.8. The largest absolute Gasteiger partial charge is 0.476 e. The number of nitrogen functional groups attached to an aromatic ring is 1. The van der Waals surface area contributed by atoms with E-state index in [1.54, 1.807) is 0 Å². The molecular weight excluding hydrogens is 199 g/mol. The topological polar surface area (TPSA) is 76.2 Å². The Kier molecular flexibility index (Phi) is 2.00. The van der Waals surface area contributed by atoms with E-state index in [2.05, 4.69) is 4.98 Å². The number of pyridine rings is 1. The van der Waals surface area contributed by atoms with E-state index in [0.29, 0.717) is 10.9 Å². The number of nitrogens with zero attached hydrogens (tertiary/aromatic N) is 1. The second-order valence-corrected chi connectivity index (χ2v) is 3.07. The van der Waals surface area contributed by atoms with Crippen LogP contribution in [-0.4, -0.2) is 16.1 Å². The Morgan fingerprint density at radius 2 is 2.13 bits per heavy atom. The summed E-state index contributed by atoms with van der Waals surface area (Å²) in [5, 5.41) is 9.25. The Morgan fingerprint density at radius 1 is 1.40 bits per heavy atom. The number of hydrogen-bond donors (Lipinski definition) is 2. The molecule has 3 N–H and O–H groups in total. The van der Waals surface area contributed by atoms with Gasteiger partial charge in [-0.3, -0.25) is 0 Å². The molecule has 4 nitrogen and oxygen atoms in total. The minimum absolute atomic E-state index is 0.0283. The number of rotatable bonds is 1. The van der Waals surface area contributed by atoms with Gasteiger partial charge in [-0.05, 0) is 24.3 Å². The zero-order valence-electron chi connectivity index (χ0n) is 7.57. The number of carboxylic acids is 1. The van der Waals surface area contributed by atoms with Crippen LogP contribution in [0, 0.1) is 5.82 Å². The minimum Gasteiger partial charge on any atom is -0.476 e. The van der Waals surface area contributed by atoms with E-state index in [1.165, 1.54) is 24.3 Å². The quantitative estimate of drug-likeness (QED) is 0.743. The van der Waals surface area contributed by atoms with Crippen LogP contribution >= 0.6 is 0 Å². The number of carbonyl (C=O) groups is 1. The Balaban J connectivity index is 2.76. The van der Waals surface area contributed by atoms with E-state index >= 15 is 0 Å². The highest BCUT2D eigenvalue weighted by Gasteiger charge is 2.11. The van der Waals surface area contributed by atoms with Crippen LogP contribution in [0.25, 0.3) is 10.9 Å². The average molecular weight is 206 g/mol. The third-order valence-corrected chi connectivity index (χ3v) is 2.01. The second kappa shape index (κ2) is 3.20. The summed E-state index contributed by atoms with van der Waals surface area (Å²) in [5.41, 5.74) is 5.69. The summed E-state index contributed by atoms with van der Waals surface area (Å²) in [5.74, 6) is -1.61. The van der Waals surface area contributed by atoms with E-state index in [0.717, 1.165) is 0 Å². The van der Waals surface area contributed by atoms with Crippen LogP contribution in [0.4, 0.5) is 10.1 Å². The van der Waals surface area contributed by atoms with Crippen molar-refractivity contribution in [3.8, 4) is 0 Å². The fraction of sp³-hybridized carbons (Fsp3) is 0. The Hall–Kier alpha value is -2.17. The first-order valence-electron chi connectivity index (χ1n) is 4.17. The highest BCUT2D eigenvalue weighted by molar-refractivity contribution is 5.96. The monoisotopic (exact) mass is 206 g/mol. The summed E-state index contributed by atoms with van der Waals surface area (Å²) in [4.78, 5) is 14.5. The molecule has 1 aromatic heterocycles. The fourth-order valence-electron chi connectivity index (χ4n) is 1.33. The summed E-state index contributed by atoms with van der Waals surface area (Å²) in [6, 6.07) is 5.28. The smallest absolute Gasteiger partial charge is 0.356 e. The highest BCUT2D eigenvalue weighted by atomic mass is 19.1. The average Bonchev–Trinajstić information content (AvgIpc) is 2.15. The van der Waals surface area contributed by atoms with Crippen molar-refractivity contribution in [3.05, 3.63) is 35.8 Å². The van der Waals surface area contributed by atoms with E-state index in [9.17, 15) is 9.18 Å². The molecule has 0 saturated carbocycles. The number of halogens is 1. The molecule has 76 valence electrons. The molecule has 0 aliphatic heterocycles. The predicted molar refractivity (Wildman–Crippen MR) is 53.1 cm³/mol. The molecule has 1 aromatic carbocycles. The second-order valence-electron chi connectivity index (χ2n) is 3.07. The summed E-state index contributed by atoms with van der Waals surface area (Å²) >= 11 is 0. The van der Waals surface area contributed by atoms with Crippen molar-refractivity contribution in [1.29, 1.82) is 0 Å². The van der Waals surface area contributed by atoms with Crippen LogP contribution in [0.2, 0.25) is 0 Å². The Morgan fingerprint density at radius 3 is 2.80 bits per heavy atom. The molecule has 2 aromatic rings. The van der Waals surface area contributed by atoms with Crippen molar-refractivity contribution in [1.82, 2.24) is 4.98 Å². The van der Waals surface area contributed by atoms with Crippen molar-refractivity contribution in [2.75, 3.05) is 5.73 Å². The summed E-state index contributed by atoms with van der Waals surface area (Å²) in [7, 11) is 0. The zero-order valence-corrected chi connectivity index (χ0v) is 7.57. The van der Waals surface area contributed by atoms with Gasteiger partial charge >= 0.3 is 5.97 Å². The van der Waals surface area contributed by atoms with Gasteiger partial charge in [0.2, 0.25) is 0 Å². The maximum Gasteiger partial charge on any atom is 0.356 e. The molecule has 0 spiro atoms. The molecule has 1 heterocycles. The van der Waals surface area contributed by atoms with Crippen molar-refractivity contribution in [2.45, 2.75) is 0 Å². The minimum atomic E-state index is -1.20. The summed E-state index contributed by atoms with van der Waals surface area (Å²) < 4.78 is 12.8. The van der Waals surface area contributed by atoms with Crippen LogP contribution in [0.1, 0.15) is 10.5 Å². The van der Waals surface area contributed by atoms with Gasteiger partial charge in [0.1, 0.15) is 5.82 Å². The molecule has 0 radical (unpaired) electrons. The number of fused-ring (bicyclic) bond motifs is 1. The molecule has 0 aliphatic carbocycles. The Labute approximate surface area is 84.2 Å². The van der Waals surface area contributed by atoms with Crippen molar-refractivity contribution in [3.63, 3.8) is 0 Å². The third kappa shape index (κ3) is 1.59. The molecule has 0 amide bonds. The number of benzene rings is 1. The van der Waals surface area contributed by atoms with E-state index in [4.69, 9.17) is 10.8 Å². The van der Waals surface area contributed by atoms with Crippen molar-refractivity contribution in [2.24, 2.45) is 0 Å². The van der Waals surface area contributed by atoms with Gasteiger partial charge < -0.3 is 10.8 Å². The summed E-state index contributed by atoms with van der Waals surface area (Å²) in [6.07, 6.45) is 0. The number of aromatic carboxylic acids is 1. The van der Waals surface area contributed by atoms with Gasteiger partial charge in [-0.1, -0.05) is 0 Å². The summed E-state index contributed by atoms with van der Waals surface area (Å²) in [6.45, 7) is 0. The van der Waals surface area contributed by atoms with Crippen LogP contribution in [-0.2, 0) is 0 Å². The third-order valence-electron chi connectivity index (χ3n) is 2.01. The molecule has 0 bridgehead atoms. The Bertz CT molecular complexity index is 554. The standard InChI is InChI=1S/C10H7FN2O2/c11-6-1-2-8-5(3-6)4-7(12)9(13-8)10(14)15/h1-4H,12H2,(H,14,15). The lowest BCUT2D eigenvalue weighted by molar-refractivity contribution is 0.0692. The molecule has 0 fully saturated rings. The van der Waals surface area contributed by atoms with Crippen LogP contribution in [0.5, 0.6) is 0 Å². The fourth-order valence-corrected chi connectivity index (χ4v) is 1.33. The zero-order chi connectivity index (χ0) is 11.0. The van der Waals surface area contributed by atoms with E-state index in [1.807, 2.05) is 0 Å². The van der Waals surface area contributed by atoms with Gasteiger partial charge in [0.25, 0.3) is 0 Å².